The zero-order valence-electron chi connectivity index (χ0n) is 11.6. The van der Waals surface area contributed by atoms with E-state index in [1.165, 1.54) is 11.0 Å². The minimum absolute atomic E-state index is 0.235. The van der Waals surface area contributed by atoms with Crippen LogP contribution in [0.4, 0.5) is 15.9 Å². The lowest BCUT2D eigenvalue weighted by molar-refractivity contribution is 0.427. The molecule has 112 valence electrons. The average molecular weight is 318 g/mol. The van der Waals surface area contributed by atoms with Crippen molar-refractivity contribution in [2.24, 2.45) is 0 Å². The van der Waals surface area contributed by atoms with Gasteiger partial charge in [0.05, 0.1) is 24.1 Å². The Balaban J connectivity index is 1.81. The van der Waals surface area contributed by atoms with E-state index in [1.54, 1.807) is 12.4 Å². The van der Waals surface area contributed by atoms with Crippen LogP contribution >= 0.6 is 11.6 Å². The third kappa shape index (κ3) is 3.40. The summed E-state index contributed by atoms with van der Waals surface area (Å²) in [6, 6.07) is 9.26. The standard InChI is InChI=1S/C15H13ClFN5/c16-12-3-1-2-11(6-12)14-7-15(19-10-18-14)21-13-8-20-22(9-13)5-4-17/h1-3,6-10H,4-5H2,(H,18,19,21). The number of anilines is 2. The number of aromatic nitrogens is 4. The van der Waals surface area contributed by atoms with E-state index in [9.17, 15) is 4.39 Å². The normalized spacial score (nSPS) is 10.6. The van der Waals surface area contributed by atoms with Gasteiger partial charge < -0.3 is 5.32 Å². The van der Waals surface area contributed by atoms with Crippen LogP contribution in [0.2, 0.25) is 5.02 Å². The second kappa shape index (κ2) is 6.53. The van der Waals surface area contributed by atoms with Crippen molar-refractivity contribution in [3.05, 3.63) is 54.1 Å². The van der Waals surface area contributed by atoms with Crippen LogP contribution in [0.3, 0.4) is 0 Å². The van der Waals surface area contributed by atoms with Crippen LogP contribution in [-0.2, 0) is 6.54 Å². The molecule has 1 N–H and O–H groups in total. The van der Waals surface area contributed by atoms with Crippen molar-refractivity contribution in [1.82, 2.24) is 19.7 Å². The Labute approximate surface area is 131 Å². The Kier molecular flexibility index (Phi) is 4.29. The summed E-state index contributed by atoms with van der Waals surface area (Å²) < 4.78 is 13.8. The Bertz CT molecular complexity index is 774. The third-order valence-electron chi connectivity index (χ3n) is 3.01. The van der Waals surface area contributed by atoms with Crippen molar-refractivity contribution >= 4 is 23.1 Å². The van der Waals surface area contributed by atoms with E-state index >= 15 is 0 Å². The molecule has 0 saturated carbocycles. The highest BCUT2D eigenvalue weighted by Gasteiger charge is 2.04. The molecule has 22 heavy (non-hydrogen) atoms. The molecule has 0 bridgehead atoms. The molecule has 0 unspecified atom stereocenters. The van der Waals surface area contributed by atoms with Gasteiger partial charge in [0.2, 0.25) is 0 Å². The topological polar surface area (TPSA) is 55.6 Å². The molecule has 2 heterocycles. The monoisotopic (exact) mass is 317 g/mol. The SMILES string of the molecule is FCCn1cc(Nc2cc(-c3cccc(Cl)c3)ncn2)cn1. The van der Waals surface area contributed by atoms with Crippen molar-refractivity contribution in [2.75, 3.05) is 12.0 Å². The fourth-order valence-corrected chi connectivity index (χ4v) is 2.21. The Hall–Kier alpha value is -2.47. The van der Waals surface area contributed by atoms with E-state index in [0.29, 0.717) is 10.8 Å². The van der Waals surface area contributed by atoms with Crippen LogP contribution in [0.15, 0.2) is 49.1 Å². The molecule has 0 aliphatic rings. The van der Waals surface area contributed by atoms with Gasteiger partial charge in [0.25, 0.3) is 0 Å². The minimum Gasteiger partial charge on any atom is -0.338 e. The first-order chi connectivity index (χ1) is 10.7. The summed E-state index contributed by atoms with van der Waals surface area (Å²) in [6.45, 7) is -0.216. The number of halogens is 2. The third-order valence-corrected chi connectivity index (χ3v) is 3.24. The molecular formula is C15H13ClFN5. The highest BCUT2D eigenvalue weighted by molar-refractivity contribution is 6.30. The van der Waals surface area contributed by atoms with Gasteiger partial charge in [-0.1, -0.05) is 23.7 Å². The van der Waals surface area contributed by atoms with Crippen molar-refractivity contribution in [3.63, 3.8) is 0 Å². The number of benzene rings is 1. The quantitative estimate of drug-likeness (QED) is 0.779. The van der Waals surface area contributed by atoms with E-state index in [-0.39, 0.29) is 6.54 Å². The lowest BCUT2D eigenvalue weighted by Crippen LogP contribution is -1.99. The summed E-state index contributed by atoms with van der Waals surface area (Å²) in [5.41, 5.74) is 2.41. The number of nitrogens with one attached hydrogen (secondary N) is 1. The van der Waals surface area contributed by atoms with Crippen molar-refractivity contribution in [2.45, 2.75) is 6.54 Å². The second-order valence-electron chi connectivity index (χ2n) is 4.60. The van der Waals surface area contributed by atoms with Gasteiger partial charge >= 0.3 is 0 Å². The molecule has 3 rings (SSSR count). The van der Waals surface area contributed by atoms with E-state index in [2.05, 4.69) is 20.4 Å². The zero-order chi connectivity index (χ0) is 15.4. The molecule has 2 aromatic heterocycles. The van der Waals surface area contributed by atoms with Crippen LogP contribution in [0, 0.1) is 0 Å². The first kappa shape index (κ1) is 14.5. The van der Waals surface area contributed by atoms with E-state index in [0.717, 1.165) is 16.9 Å². The number of aryl methyl sites for hydroxylation is 1. The number of alkyl halides is 1. The molecule has 3 aromatic rings. The molecule has 0 aliphatic heterocycles. The first-order valence-corrected chi connectivity index (χ1v) is 7.06. The van der Waals surface area contributed by atoms with Gasteiger partial charge in [0, 0.05) is 22.8 Å². The number of hydrogen-bond acceptors (Lipinski definition) is 4. The molecule has 0 atom stereocenters. The maximum absolute atomic E-state index is 12.3. The van der Waals surface area contributed by atoms with Crippen LogP contribution in [-0.4, -0.2) is 26.4 Å². The van der Waals surface area contributed by atoms with Crippen LogP contribution < -0.4 is 5.32 Å². The second-order valence-corrected chi connectivity index (χ2v) is 5.04. The van der Waals surface area contributed by atoms with Crippen LogP contribution in [0.5, 0.6) is 0 Å². The maximum Gasteiger partial charge on any atom is 0.134 e. The number of hydrogen-bond donors (Lipinski definition) is 1. The summed E-state index contributed by atoms with van der Waals surface area (Å²) in [7, 11) is 0. The highest BCUT2D eigenvalue weighted by Crippen LogP contribution is 2.23. The van der Waals surface area contributed by atoms with Gasteiger partial charge in [0.15, 0.2) is 0 Å². The van der Waals surface area contributed by atoms with Crippen molar-refractivity contribution < 1.29 is 4.39 Å². The molecule has 0 aliphatic carbocycles. The average Bonchev–Trinajstić information content (AvgIpc) is 2.95. The van der Waals surface area contributed by atoms with Crippen molar-refractivity contribution in [3.8, 4) is 11.3 Å². The van der Waals surface area contributed by atoms with Crippen LogP contribution in [0.25, 0.3) is 11.3 Å². The summed E-state index contributed by atoms with van der Waals surface area (Å²) in [5.74, 6) is 0.629. The van der Waals surface area contributed by atoms with Crippen LogP contribution in [0.1, 0.15) is 0 Å². The summed E-state index contributed by atoms with van der Waals surface area (Å²) >= 11 is 6.00. The first-order valence-electron chi connectivity index (χ1n) is 6.68. The molecule has 0 fully saturated rings. The molecule has 0 amide bonds. The number of rotatable bonds is 5. The summed E-state index contributed by atoms with van der Waals surface area (Å²) in [4.78, 5) is 8.42. The zero-order valence-corrected chi connectivity index (χ0v) is 12.3. The Morgan fingerprint density at radius 1 is 1.23 bits per heavy atom. The van der Waals surface area contributed by atoms with E-state index in [4.69, 9.17) is 11.6 Å². The Morgan fingerprint density at radius 3 is 2.95 bits per heavy atom. The van der Waals surface area contributed by atoms with Gasteiger partial charge in [-0.2, -0.15) is 5.10 Å². The molecule has 5 nitrogen and oxygen atoms in total. The van der Waals surface area contributed by atoms with Gasteiger partial charge in [-0.15, -0.1) is 0 Å². The van der Waals surface area contributed by atoms with Gasteiger partial charge in [-0.25, -0.2) is 14.4 Å². The molecule has 0 spiro atoms. The largest absolute Gasteiger partial charge is 0.338 e. The van der Waals surface area contributed by atoms with Gasteiger partial charge in [-0.3, -0.25) is 4.68 Å². The lowest BCUT2D eigenvalue weighted by atomic mass is 10.1. The predicted molar refractivity (Wildman–Crippen MR) is 84.0 cm³/mol. The van der Waals surface area contributed by atoms with Gasteiger partial charge in [-0.05, 0) is 12.1 Å². The molecular weight excluding hydrogens is 305 g/mol. The summed E-state index contributed by atoms with van der Waals surface area (Å²) in [6.07, 6.45) is 4.82. The highest BCUT2D eigenvalue weighted by atomic mass is 35.5. The van der Waals surface area contributed by atoms with E-state index < -0.39 is 6.67 Å². The van der Waals surface area contributed by atoms with Gasteiger partial charge in [0.1, 0.15) is 18.8 Å². The minimum atomic E-state index is -0.451. The fraction of sp³-hybridized carbons (Fsp3) is 0.133. The Morgan fingerprint density at radius 2 is 2.14 bits per heavy atom. The lowest BCUT2D eigenvalue weighted by Gasteiger charge is -2.05. The smallest absolute Gasteiger partial charge is 0.134 e. The maximum atomic E-state index is 12.3. The number of nitrogens with zero attached hydrogens (tertiary/aromatic N) is 4. The van der Waals surface area contributed by atoms with Crippen molar-refractivity contribution in [1.29, 1.82) is 0 Å². The fourth-order valence-electron chi connectivity index (χ4n) is 2.02. The molecule has 0 radical (unpaired) electrons. The summed E-state index contributed by atoms with van der Waals surface area (Å²) in [5, 5.41) is 7.82. The molecule has 7 heteroatoms. The molecule has 0 saturated heterocycles. The van der Waals surface area contributed by atoms with E-state index in [1.807, 2.05) is 30.3 Å². The predicted octanol–water partition coefficient (Wildman–Crippen LogP) is 3.71. The molecule has 1 aromatic carbocycles.